The molecule has 0 bridgehead atoms. The van der Waals surface area contributed by atoms with Crippen molar-refractivity contribution in [2.45, 2.75) is 71.8 Å². The van der Waals surface area contributed by atoms with E-state index in [0.717, 1.165) is 44.2 Å². The van der Waals surface area contributed by atoms with Crippen LogP contribution in [0.2, 0.25) is 6.04 Å². The highest BCUT2D eigenvalue weighted by Gasteiger charge is 2.40. The van der Waals surface area contributed by atoms with Crippen LogP contribution in [0.4, 0.5) is 13.2 Å². The lowest BCUT2D eigenvalue weighted by Crippen LogP contribution is -2.46. The first-order chi connectivity index (χ1) is 13.0. The Morgan fingerprint density at radius 3 is 1.67 bits per heavy atom. The van der Waals surface area contributed by atoms with Gasteiger partial charge in [0.1, 0.15) is 17.5 Å². The van der Waals surface area contributed by atoms with Crippen molar-refractivity contribution in [2.75, 3.05) is 19.8 Å². The maximum Gasteiger partial charge on any atom is 0.500 e. The van der Waals surface area contributed by atoms with Gasteiger partial charge in [-0.15, -0.1) is 0 Å². The summed E-state index contributed by atoms with van der Waals surface area (Å²) in [6, 6.07) is 2.15. The summed E-state index contributed by atoms with van der Waals surface area (Å²) in [5.41, 5.74) is -0.0494. The van der Waals surface area contributed by atoms with E-state index in [2.05, 4.69) is 0 Å². The van der Waals surface area contributed by atoms with Gasteiger partial charge < -0.3 is 13.3 Å². The van der Waals surface area contributed by atoms with Gasteiger partial charge in [-0.25, -0.2) is 13.2 Å². The molecule has 3 nitrogen and oxygen atoms in total. The lowest BCUT2D eigenvalue weighted by molar-refractivity contribution is 0.0586. The van der Waals surface area contributed by atoms with Crippen molar-refractivity contribution >= 4 is 8.80 Å². The zero-order valence-corrected chi connectivity index (χ0v) is 17.8. The van der Waals surface area contributed by atoms with Crippen molar-refractivity contribution in [2.24, 2.45) is 0 Å². The molecule has 0 N–H and O–H groups in total. The number of unbranched alkanes of at least 4 members (excludes halogenated alkanes) is 2. The normalized spacial score (nSPS) is 11.9. The maximum atomic E-state index is 13.7. The van der Waals surface area contributed by atoms with Gasteiger partial charge in [-0.2, -0.15) is 0 Å². The van der Waals surface area contributed by atoms with Crippen molar-refractivity contribution < 1.29 is 26.4 Å². The van der Waals surface area contributed by atoms with Crippen LogP contribution in [0.15, 0.2) is 12.1 Å². The molecule has 7 heteroatoms. The average Bonchev–Trinajstić information content (AvgIpc) is 2.64. The Kier molecular flexibility index (Phi) is 11.9. The van der Waals surface area contributed by atoms with E-state index in [1.165, 1.54) is 0 Å². The molecule has 0 aromatic heterocycles. The van der Waals surface area contributed by atoms with Crippen LogP contribution in [-0.2, 0) is 19.7 Å². The molecule has 0 radical (unpaired) electrons. The van der Waals surface area contributed by atoms with Crippen LogP contribution < -0.4 is 0 Å². The molecule has 1 rings (SSSR count). The smallest absolute Gasteiger partial charge is 0.373 e. The predicted octanol–water partition coefficient (Wildman–Crippen LogP) is 6.04. The lowest BCUT2D eigenvalue weighted by Gasteiger charge is -2.29. The molecule has 0 aliphatic carbocycles. The van der Waals surface area contributed by atoms with Crippen LogP contribution in [0.1, 0.15) is 64.9 Å². The topological polar surface area (TPSA) is 27.7 Å². The van der Waals surface area contributed by atoms with Gasteiger partial charge >= 0.3 is 8.80 Å². The van der Waals surface area contributed by atoms with Gasteiger partial charge in [-0.3, -0.25) is 0 Å². The van der Waals surface area contributed by atoms with E-state index in [9.17, 15) is 13.2 Å². The van der Waals surface area contributed by atoms with Crippen LogP contribution in [0.25, 0.3) is 0 Å². The number of benzene rings is 1. The molecule has 0 aliphatic rings. The zero-order valence-electron chi connectivity index (χ0n) is 16.8. The third-order valence-corrected chi connectivity index (χ3v) is 6.99. The van der Waals surface area contributed by atoms with Gasteiger partial charge in [0, 0.05) is 43.6 Å². The first kappa shape index (κ1) is 24.1. The van der Waals surface area contributed by atoms with E-state index in [1.54, 1.807) is 0 Å². The zero-order chi connectivity index (χ0) is 20.1. The van der Waals surface area contributed by atoms with Gasteiger partial charge in [0.15, 0.2) is 0 Å². The number of hydrogen-bond donors (Lipinski definition) is 0. The Morgan fingerprint density at radius 2 is 1.22 bits per heavy atom. The second-order valence-corrected chi connectivity index (χ2v) is 9.37. The molecule has 0 amide bonds. The van der Waals surface area contributed by atoms with Crippen molar-refractivity contribution in [3.8, 4) is 0 Å². The molecule has 0 unspecified atom stereocenters. The summed E-state index contributed by atoms with van der Waals surface area (Å²) in [5.74, 6) is -2.53. The Morgan fingerprint density at radius 1 is 0.741 bits per heavy atom. The van der Waals surface area contributed by atoms with Crippen molar-refractivity contribution in [1.29, 1.82) is 0 Å². The summed E-state index contributed by atoms with van der Waals surface area (Å²) in [5, 5.41) is 0. The largest absolute Gasteiger partial charge is 0.500 e. The first-order valence-corrected chi connectivity index (χ1v) is 12.0. The van der Waals surface area contributed by atoms with Crippen LogP contribution in [0.3, 0.4) is 0 Å². The highest BCUT2D eigenvalue weighted by molar-refractivity contribution is 6.60. The number of halogens is 3. The summed E-state index contributed by atoms with van der Waals surface area (Å²) in [6.07, 6.45) is 5.10. The first-order valence-electron chi connectivity index (χ1n) is 10.0. The van der Waals surface area contributed by atoms with Crippen LogP contribution >= 0.6 is 0 Å². The molecule has 0 atom stereocenters. The van der Waals surface area contributed by atoms with E-state index in [4.69, 9.17) is 13.3 Å². The highest BCUT2D eigenvalue weighted by atomic mass is 28.4. The summed E-state index contributed by atoms with van der Waals surface area (Å²) < 4.78 is 58.5. The molecule has 0 saturated heterocycles. The SMILES string of the molecule is CCCO[Si](CCCCCc1c(F)cc(F)cc1F)(OCCC)OCCC. The Hall–Kier alpha value is -0.893. The van der Waals surface area contributed by atoms with Crippen molar-refractivity contribution in [1.82, 2.24) is 0 Å². The van der Waals surface area contributed by atoms with Gasteiger partial charge in [0.25, 0.3) is 0 Å². The average molecular weight is 407 g/mol. The molecular formula is C20H33F3O3Si. The standard InChI is InChI=1S/C20H33F3O3Si/c1-4-11-24-27(25-12-5-2,26-13-6-3)14-9-7-8-10-18-19(22)15-17(21)16-20(18)23/h15-16H,4-14H2,1-3H3. The summed E-state index contributed by atoms with van der Waals surface area (Å²) >= 11 is 0. The fourth-order valence-electron chi connectivity index (χ4n) is 2.75. The van der Waals surface area contributed by atoms with E-state index < -0.39 is 26.3 Å². The van der Waals surface area contributed by atoms with Gasteiger partial charge in [-0.1, -0.05) is 27.2 Å². The molecule has 0 saturated carbocycles. The predicted molar refractivity (Wildman–Crippen MR) is 103 cm³/mol. The van der Waals surface area contributed by atoms with Crippen molar-refractivity contribution in [3.05, 3.63) is 35.1 Å². The lowest BCUT2D eigenvalue weighted by atomic mass is 10.1. The molecule has 1 aromatic rings. The molecular weight excluding hydrogens is 373 g/mol. The molecule has 156 valence electrons. The minimum atomic E-state index is -2.71. The Bertz CT molecular complexity index is 498. The van der Waals surface area contributed by atoms with E-state index in [1.807, 2.05) is 20.8 Å². The molecule has 0 spiro atoms. The minimum absolute atomic E-state index is 0.0494. The molecule has 1 aromatic carbocycles. The van der Waals surface area contributed by atoms with Crippen LogP contribution in [0, 0.1) is 17.5 Å². The fourth-order valence-corrected chi connectivity index (χ4v) is 5.66. The number of hydrogen-bond acceptors (Lipinski definition) is 3. The van der Waals surface area contributed by atoms with Crippen LogP contribution in [-0.4, -0.2) is 28.6 Å². The quantitative estimate of drug-likeness (QED) is 0.263. The Labute approximate surface area is 162 Å². The van der Waals surface area contributed by atoms with Gasteiger partial charge in [-0.05, 0) is 38.5 Å². The third kappa shape index (κ3) is 8.77. The van der Waals surface area contributed by atoms with Gasteiger partial charge in [0.2, 0.25) is 0 Å². The van der Waals surface area contributed by atoms with Crippen LogP contribution in [0.5, 0.6) is 0 Å². The molecule has 0 aliphatic heterocycles. The summed E-state index contributed by atoms with van der Waals surface area (Å²) in [7, 11) is -2.71. The molecule has 0 fully saturated rings. The van der Waals surface area contributed by atoms with E-state index in [-0.39, 0.29) is 12.0 Å². The van der Waals surface area contributed by atoms with E-state index >= 15 is 0 Å². The summed E-state index contributed by atoms with van der Waals surface area (Å²) in [4.78, 5) is 0. The monoisotopic (exact) mass is 406 g/mol. The Balaban J connectivity index is 2.56. The maximum absolute atomic E-state index is 13.7. The summed E-state index contributed by atoms with van der Waals surface area (Å²) in [6.45, 7) is 7.95. The van der Waals surface area contributed by atoms with E-state index in [0.29, 0.717) is 32.3 Å². The molecule has 27 heavy (non-hydrogen) atoms. The minimum Gasteiger partial charge on any atom is -0.373 e. The number of rotatable bonds is 15. The second-order valence-electron chi connectivity index (χ2n) is 6.64. The van der Waals surface area contributed by atoms with Gasteiger partial charge in [0.05, 0.1) is 0 Å². The fraction of sp³-hybridized carbons (Fsp3) is 0.700. The molecule has 0 heterocycles. The third-order valence-electron chi connectivity index (χ3n) is 4.09. The highest BCUT2D eigenvalue weighted by Crippen LogP contribution is 2.23. The van der Waals surface area contributed by atoms with Crippen molar-refractivity contribution in [3.63, 3.8) is 0 Å². The second kappa shape index (κ2) is 13.3.